The molecule has 0 aliphatic rings. The minimum Gasteiger partial charge on any atom is -0.468 e. The van der Waals surface area contributed by atoms with Gasteiger partial charge in [-0.25, -0.2) is 0 Å². The molecule has 0 saturated carbocycles. The lowest BCUT2D eigenvalue weighted by Gasteiger charge is -2.02. The Kier molecular flexibility index (Phi) is 9.42. The molecule has 0 atom stereocenters. The van der Waals surface area contributed by atoms with Crippen LogP contribution in [0.5, 0.6) is 0 Å². The summed E-state index contributed by atoms with van der Waals surface area (Å²) in [5.74, 6) is -0.485. The van der Waals surface area contributed by atoms with Crippen LogP contribution in [0.15, 0.2) is 41.3 Å². The van der Waals surface area contributed by atoms with Gasteiger partial charge in [0, 0.05) is 23.3 Å². The van der Waals surface area contributed by atoms with E-state index >= 15 is 0 Å². The predicted molar refractivity (Wildman–Crippen MR) is 105 cm³/mol. The van der Waals surface area contributed by atoms with Gasteiger partial charge in [0.25, 0.3) is 11.4 Å². The molecule has 12 heteroatoms. The summed E-state index contributed by atoms with van der Waals surface area (Å²) in [6.07, 6.45) is 1.06. The number of hydrogen-bond donors (Lipinski definition) is 0. The molecule has 29 heavy (non-hydrogen) atoms. The Bertz CT molecular complexity index is 951. The highest BCUT2D eigenvalue weighted by Crippen LogP contribution is 2.29. The second-order valence-electron chi connectivity index (χ2n) is 5.05. The summed E-state index contributed by atoms with van der Waals surface area (Å²) in [6, 6.07) is 7.95. The quantitative estimate of drug-likeness (QED) is 0.206. The number of aldehydes is 2. The number of esters is 1. The van der Waals surface area contributed by atoms with Crippen molar-refractivity contribution in [3.05, 3.63) is 72.8 Å². The number of benzene rings is 2. The molecule has 0 N–H and O–H groups in total. The van der Waals surface area contributed by atoms with Crippen LogP contribution in [0.4, 0.5) is 11.4 Å². The number of halogens is 1. The van der Waals surface area contributed by atoms with Crippen LogP contribution in [0.3, 0.4) is 0 Å². The first-order chi connectivity index (χ1) is 13.7. The van der Waals surface area contributed by atoms with E-state index in [0.29, 0.717) is 17.5 Å². The minimum atomic E-state index is -0.630. The number of carbonyl (C=O) groups excluding carboxylic acids is 3. The molecule has 152 valence electrons. The zero-order valence-electron chi connectivity index (χ0n) is 14.8. The van der Waals surface area contributed by atoms with Crippen LogP contribution in [-0.4, -0.2) is 41.3 Å². The van der Waals surface area contributed by atoms with Gasteiger partial charge in [0.05, 0.1) is 27.6 Å². The first-order valence-electron chi connectivity index (χ1n) is 7.55. The first kappa shape index (κ1) is 23.7. The van der Waals surface area contributed by atoms with Gasteiger partial charge in [-0.3, -0.25) is 34.6 Å². The third-order valence-electron chi connectivity index (χ3n) is 3.19. The lowest BCUT2D eigenvalue weighted by Crippen LogP contribution is -2.03. The maximum atomic E-state index is 10.9. The average Bonchev–Trinajstić information content (AvgIpc) is 2.72. The smallest absolute Gasteiger partial charge is 0.315 e. The van der Waals surface area contributed by atoms with Crippen molar-refractivity contribution in [2.75, 3.05) is 12.9 Å². The van der Waals surface area contributed by atoms with E-state index in [4.69, 9.17) is 11.6 Å². The number of ether oxygens (including phenoxy) is 1. The maximum Gasteiger partial charge on any atom is 0.315 e. The second kappa shape index (κ2) is 11.5. The standard InChI is InChI=1S/C10H9NO5S.C7H4ClNO3/c1-16-10(13)6-17-9-3-2-7(5-12)4-8(9)11(14)15;8-6-2-1-5(4-10)3-7(6)9(11)12/h2-5H,6H2,1H3;1-4H. The van der Waals surface area contributed by atoms with Gasteiger partial charge in [-0.15, -0.1) is 11.8 Å². The van der Waals surface area contributed by atoms with E-state index in [1.807, 2.05) is 0 Å². The third kappa shape index (κ3) is 7.31. The zero-order valence-corrected chi connectivity index (χ0v) is 16.3. The number of carbonyl (C=O) groups is 3. The molecule has 0 heterocycles. The summed E-state index contributed by atoms with van der Waals surface area (Å²) >= 11 is 6.49. The topological polar surface area (TPSA) is 147 Å². The SMILES string of the molecule is COC(=O)CSc1ccc(C=O)cc1[N+](=O)[O-].O=Cc1ccc(Cl)c([N+](=O)[O-])c1. The van der Waals surface area contributed by atoms with E-state index in [-0.39, 0.29) is 33.3 Å². The molecule has 0 aliphatic carbocycles. The fourth-order valence-corrected chi connectivity index (χ4v) is 2.83. The molecule has 2 rings (SSSR count). The fraction of sp³-hybridized carbons (Fsp3) is 0.118. The Morgan fingerprint density at radius 1 is 1.03 bits per heavy atom. The van der Waals surface area contributed by atoms with Crippen LogP contribution in [0.25, 0.3) is 0 Å². The van der Waals surface area contributed by atoms with Gasteiger partial charge in [0.2, 0.25) is 0 Å². The van der Waals surface area contributed by atoms with E-state index in [1.54, 1.807) is 0 Å². The molecule has 0 bridgehead atoms. The van der Waals surface area contributed by atoms with Gasteiger partial charge < -0.3 is 4.74 Å². The Labute approximate surface area is 173 Å². The largest absolute Gasteiger partial charge is 0.468 e. The van der Waals surface area contributed by atoms with Gasteiger partial charge >= 0.3 is 5.97 Å². The second-order valence-corrected chi connectivity index (χ2v) is 6.48. The number of thioether (sulfide) groups is 1. The molecule has 0 spiro atoms. The molecular weight excluding hydrogens is 428 g/mol. The predicted octanol–water partition coefficient (Wildman–Crippen LogP) is 3.73. The van der Waals surface area contributed by atoms with Gasteiger partial charge in [-0.05, 0) is 18.2 Å². The van der Waals surface area contributed by atoms with Crippen molar-refractivity contribution in [3.63, 3.8) is 0 Å². The monoisotopic (exact) mass is 440 g/mol. The van der Waals surface area contributed by atoms with Crippen molar-refractivity contribution >= 4 is 53.3 Å². The number of rotatable bonds is 7. The summed E-state index contributed by atoms with van der Waals surface area (Å²) in [4.78, 5) is 51.8. The molecule has 0 unspecified atom stereocenters. The van der Waals surface area contributed by atoms with E-state index in [9.17, 15) is 34.6 Å². The minimum absolute atomic E-state index is 0.0161. The number of hydrogen-bond acceptors (Lipinski definition) is 9. The molecule has 2 aromatic rings. The van der Waals surface area contributed by atoms with Crippen LogP contribution in [0.1, 0.15) is 20.7 Å². The van der Waals surface area contributed by atoms with Crippen LogP contribution >= 0.6 is 23.4 Å². The van der Waals surface area contributed by atoms with E-state index in [2.05, 4.69) is 4.74 Å². The summed E-state index contributed by atoms with van der Waals surface area (Å²) in [6.45, 7) is 0. The van der Waals surface area contributed by atoms with Crippen molar-refractivity contribution in [2.45, 2.75) is 4.90 Å². The first-order valence-corrected chi connectivity index (χ1v) is 8.92. The number of nitro benzene ring substituents is 2. The molecule has 0 aliphatic heterocycles. The molecule has 0 saturated heterocycles. The van der Waals surface area contributed by atoms with E-state index in [1.165, 1.54) is 37.4 Å². The lowest BCUT2D eigenvalue weighted by molar-refractivity contribution is -0.387. The van der Waals surface area contributed by atoms with Gasteiger partial charge in [-0.2, -0.15) is 0 Å². The highest BCUT2D eigenvalue weighted by atomic mass is 35.5. The zero-order chi connectivity index (χ0) is 22.0. The summed E-state index contributed by atoms with van der Waals surface area (Å²) in [5, 5.41) is 21.1. The van der Waals surface area contributed by atoms with Crippen LogP contribution in [0.2, 0.25) is 5.02 Å². The molecule has 0 aromatic heterocycles. The highest BCUT2D eigenvalue weighted by Gasteiger charge is 2.16. The van der Waals surface area contributed by atoms with Crippen molar-refractivity contribution in [2.24, 2.45) is 0 Å². The molecule has 0 radical (unpaired) electrons. The molecular formula is C17H13ClN2O8S. The fourth-order valence-electron chi connectivity index (χ4n) is 1.81. The van der Waals surface area contributed by atoms with E-state index in [0.717, 1.165) is 17.8 Å². The molecule has 0 amide bonds. The molecule has 0 fully saturated rings. The highest BCUT2D eigenvalue weighted by molar-refractivity contribution is 8.00. The Morgan fingerprint density at radius 2 is 1.55 bits per heavy atom. The Morgan fingerprint density at radius 3 is 2.03 bits per heavy atom. The summed E-state index contributed by atoms with van der Waals surface area (Å²) in [5.41, 5.74) is 0.0231. The molecule has 10 nitrogen and oxygen atoms in total. The summed E-state index contributed by atoms with van der Waals surface area (Å²) in [7, 11) is 1.24. The Hall–Kier alpha value is -3.31. The Balaban J connectivity index is 0.000000308. The lowest BCUT2D eigenvalue weighted by atomic mass is 10.2. The van der Waals surface area contributed by atoms with Crippen LogP contribution in [0, 0.1) is 20.2 Å². The van der Waals surface area contributed by atoms with Crippen LogP contribution < -0.4 is 0 Å². The maximum absolute atomic E-state index is 10.9. The number of methoxy groups -OCH3 is 1. The van der Waals surface area contributed by atoms with Gasteiger partial charge in [-0.1, -0.05) is 17.7 Å². The van der Waals surface area contributed by atoms with Crippen molar-refractivity contribution < 1.29 is 29.0 Å². The average molecular weight is 441 g/mol. The van der Waals surface area contributed by atoms with Crippen LogP contribution in [-0.2, 0) is 9.53 Å². The van der Waals surface area contributed by atoms with E-state index < -0.39 is 15.8 Å². The van der Waals surface area contributed by atoms with Gasteiger partial charge in [0.15, 0.2) is 0 Å². The normalized spacial score (nSPS) is 9.59. The third-order valence-corrected chi connectivity index (χ3v) is 4.55. The van der Waals surface area contributed by atoms with Crippen molar-refractivity contribution in [1.82, 2.24) is 0 Å². The molecule has 2 aromatic carbocycles. The number of nitrogens with zero attached hydrogens (tertiary/aromatic N) is 2. The summed E-state index contributed by atoms with van der Waals surface area (Å²) < 4.78 is 4.43. The van der Waals surface area contributed by atoms with Crippen molar-refractivity contribution in [3.8, 4) is 0 Å². The number of nitro groups is 2. The van der Waals surface area contributed by atoms with Crippen molar-refractivity contribution in [1.29, 1.82) is 0 Å². The van der Waals surface area contributed by atoms with Gasteiger partial charge in [0.1, 0.15) is 17.6 Å².